The number of carbonyl (C=O) groups excluding carboxylic acids is 2. The van der Waals surface area contributed by atoms with E-state index in [9.17, 15) is 9.59 Å². The molecular formula is C9H12ClN3O3. The van der Waals surface area contributed by atoms with Crippen molar-refractivity contribution < 1.29 is 14.3 Å². The summed E-state index contributed by atoms with van der Waals surface area (Å²) in [5, 5.41) is 6.56. The Morgan fingerprint density at radius 2 is 2.31 bits per heavy atom. The number of halogens is 1. The van der Waals surface area contributed by atoms with Gasteiger partial charge in [-0.25, -0.2) is 0 Å². The van der Waals surface area contributed by atoms with E-state index < -0.39 is 11.9 Å². The predicted molar refractivity (Wildman–Crippen MR) is 57.3 cm³/mol. The molecule has 0 aromatic carbocycles. The molecule has 88 valence electrons. The van der Waals surface area contributed by atoms with Gasteiger partial charge in [0.2, 0.25) is 0 Å². The molecule has 1 N–H and O–H groups in total. The molecule has 0 radical (unpaired) electrons. The summed E-state index contributed by atoms with van der Waals surface area (Å²) in [7, 11) is 1.24. The van der Waals surface area contributed by atoms with Gasteiger partial charge in [0.15, 0.2) is 5.69 Å². The first-order valence-corrected chi connectivity index (χ1v) is 5.04. The van der Waals surface area contributed by atoms with E-state index in [2.05, 4.69) is 15.2 Å². The zero-order valence-electron chi connectivity index (χ0n) is 8.99. The van der Waals surface area contributed by atoms with Gasteiger partial charge in [-0.15, -0.1) is 0 Å². The second kappa shape index (κ2) is 5.50. The van der Waals surface area contributed by atoms with E-state index >= 15 is 0 Å². The minimum atomic E-state index is -0.528. The number of carbonyl (C=O) groups is 2. The number of amides is 1. The highest BCUT2D eigenvalue weighted by atomic mass is 35.5. The van der Waals surface area contributed by atoms with Gasteiger partial charge < -0.3 is 10.1 Å². The Balaban J connectivity index is 2.65. The van der Waals surface area contributed by atoms with Crippen LogP contribution in [0.4, 0.5) is 0 Å². The number of hydrogen-bond acceptors (Lipinski definition) is 4. The Hall–Kier alpha value is -1.56. The van der Waals surface area contributed by atoms with Gasteiger partial charge in [-0.2, -0.15) is 5.10 Å². The molecule has 0 fully saturated rings. The first-order valence-electron chi connectivity index (χ1n) is 4.66. The van der Waals surface area contributed by atoms with Gasteiger partial charge in [0.25, 0.3) is 5.91 Å². The Labute approximate surface area is 97.5 Å². The maximum Gasteiger partial charge on any atom is 0.325 e. The van der Waals surface area contributed by atoms with Crippen molar-refractivity contribution in [1.82, 2.24) is 15.1 Å². The molecule has 1 aromatic heterocycles. The number of nitrogens with one attached hydrogen (secondary N) is 1. The summed E-state index contributed by atoms with van der Waals surface area (Å²) in [5.74, 6) is -1.03. The van der Waals surface area contributed by atoms with E-state index in [0.29, 0.717) is 6.54 Å². The monoisotopic (exact) mass is 245 g/mol. The number of methoxy groups -OCH3 is 1. The van der Waals surface area contributed by atoms with Crippen LogP contribution in [-0.4, -0.2) is 35.3 Å². The van der Waals surface area contributed by atoms with E-state index in [1.807, 2.05) is 6.92 Å². The maximum atomic E-state index is 11.5. The number of nitrogens with zero attached hydrogens (tertiary/aromatic N) is 2. The van der Waals surface area contributed by atoms with Crippen molar-refractivity contribution in [3.63, 3.8) is 0 Å². The van der Waals surface area contributed by atoms with Crippen LogP contribution in [0.25, 0.3) is 0 Å². The summed E-state index contributed by atoms with van der Waals surface area (Å²) < 4.78 is 5.92. The fraction of sp³-hybridized carbons (Fsp3) is 0.444. The molecule has 1 rings (SSSR count). The van der Waals surface area contributed by atoms with E-state index in [1.54, 1.807) is 6.20 Å². The van der Waals surface area contributed by atoms with Gasteiger partial charge in [-0.05, 0) is 6.92 Å². The number of ether oxygens (including phenoxy) is 1. The van der Waals surface area contributed by atoms with Crippen molar-refractivity contribution in [2.45, 2.75) is 13.5 Å². The first-order chi connectivity index (χ1) is 7.58. The molecule has 0 bridgehead atoms. The number of rotatable bonds is 4. The molecule has 1 aromatic rings. The van der Waals surface area contributed by atoms with Crippen molar-refractivity contribution >= 4 is 23.5 Å². The summed E-state index contributed by atoms with van der Waals surface area (Å²) in [6.45, 7) is 2.29. The van der Waals surface area contributed by atoms with Crippen molar-refractivity contribution in [3.05, 3.63) is 16.9 Å². The molecule has 7 heteroatoms. The van der Waals surface area contributed by atoms with E-state index in [4.69, 9.17) is 11.6 Å². The van der Waals surface area contributed by atoms with Gasteiger partial charge in [0, 0.05) is 12.7 Å². The third kappa shape index (κ3) is 2.96. The highest BCUT2D eigenvalue weighted by Gasteiger charge is 2.15. The lowest BCUT2D eigenvalue weighted by Crippen LogP contribution is -2.30. The van der Waals surface area contributed by atoms with Crippen molar-refractivity contribution in [2.24, 2.45) is 0 Å². The molecule has 6 nitrogen and oxygen atoms in total. The van der Waals surface area contributed by atoms with E-state index in [-0.39, 0.29) is 17.3 Å². The van der Waals surface area contributed by atoms with Gasteiger partial charge in [0.1, 0.15) is 6.54 Å². The summed E-state index contributed by atoms with van der Waals surface area (Å²) in [4.78, 5) is 22.3. The average molecular weight is 246 g/mol. The number of esters is 1. The van der Waals surface area contributed by atoms with Gasteiger partial charge in [-0.1, -0.05) is 11.6 Å². The maximum absolute atomic E-state index is 11.5. The van der Waals surface area contributed by atoms with Crippen LogP contribution in [-0.2, 0) is 16.1 Å². The van der Waals surface area contributed by atoms with E-state index in [1.165, 1.54) is 11.8 Å². The fourth-order valence-electron chi connectivity index (χ4n) is 1.02. The van der Waals surface area contributed by atoms with Crippen LogP contribution in [0.1, 0.15) is 17.4 Å². The quantitative estimate of drug-likeness (QED) is 0.782. The minimum absolute atomic E-state index is 0.104. The fourth-order valence-corrected chi connectivity index (χ4v) is 1.26. The lowest BCUT2D eigenvalue weighted by atomic mass is 10.4. The van der Waals surface area contributed by atoms with Gasteiger partial charge in [-0.3, -0.25) is 14.3 Å². The molecule has 1 amide bonds. The standard InChI is InChI=1S/C9H12ClN3O3/c1-3-13-5-6(10)8(12-13)9(15)11-4-7(14)16-2/h5H,3-4H2,1-2H3,(H,11,15). The molecule has 0 aliphatic heterocycles. The van der Waals surface area contributed by atoms with Crippen LogP contribution in [0.3, 0.4) is 0 Å². The second-order valence-electron chi connectivity index (χ2n) is 2.94. The Bertz CT molecular complexity index is 403. The second-order valence-corrected chi connectivity index (χ2v) is 3.35. The normalized spacial score (nSPS) is 9.94. The third-order valence-electron chi connectivity index (χ3n) is 1.88. The molecule has 0 spiro atoms. The number of hydrogen-bond donors (Lipinski definition) is 1. The van der Waals surface area contributed by atoms with Crippen LogP contribution >= 0.6 is 11.6 Å². The molecule has 0 atom stereocenters. The summed E-state index contributed by atoms with van der Waals surface area (Å²) in [5.41, 5.74) is 0.104. The molecule has 0 unspecified atom stereocenters. The van der Waals surface area contributed by atoms with Crippen molar-refractivity contribution in [1.29, 1.82) is 0 Å². The Kier molecular flexibility index (Phi) is 4.30. The Morgan fingerprint density at radius 3 is 2.81 bits per heavy atom. The van der Waals surface area contributed by atoms with Crippen LogP contribution in [0.5, 0.6) is 0 Å². The highest BCUT2D eigenvalue weighted by Crippen LogP contribution is 2.13. The average Bonchev–Trinajstić information content (AvgIpc) is 2.67. The van der Waals surface area contributed by atoms with E-state index in [0.717, 1.165) is 0 Å². The third-order valence-corrected chi connectivity index (χ3v) is 2.15. The SMILES string of the molecule is CCn1cc(Cl)c(C(=O)NCC(=O)OC)n1. The van der Waals surface area contributed by atoms with Crippen molar-refractivity contribution in [2.75, 3.05) is 13.7 Å². The molecule has 0 saturated heterocycles. The van der Waals surface area contributed by atoms with Crippen molar-refractivity contribution in [3.8, 4) is 0 Å². The number of aromatic nitrogens is 2. The lowest BCUT2D eigenvalue weighted by Gasteiger charge is -2.01. The number of aryl methyl sites for hydroxylation is 1. The van der Waals surface area contributed by atoms with Crippen LogP contribution in [0.2, 0.25) is 5.02 Å². The summed E-state index contributed by atoms with van der Waals surface area (Å²) in [6.07, 6.45) is 1.55. The zero-order chi connectivity index (χ0) is 12.1. The molecule has 1 heterocycles. The molecule has 0 saturated carbocycles. The van der Waals surface area contributed by atoms with Crippen LogP contribution in [0, 0.1) is 0 Å². The van der Waals surface area contributed by atoms with Crippen LogP contribution < -0.4 is 5.32 Å². The Morgan fingerprint density at radius 1 is 1.62 bits per heavy atom. The predicted octanol–water partition coefficient (Wildman–Crippen LogP) is 0.459. The molecule has 0 aliphatic carbocycles. The summed E-state index contributed by atoms with van der Waals surface area (Å²) in [6, 6.07) is 0. The topological polar surface area (TPSA) is 73.2 Å². The first kappa shape index (κ1) is 12.5. The van der Waals surface area contributed by atoms with Crippen LogP contribution in [0.15, 0.2) is 6.20 Å². The minimum Gasteiger partial charge on any atom is -0.468 e. The smallest absolute Gasteiger partial charge is 0.325 e. The van der Waals surface area contributed by atoms with Gasteiger partial charge >= 0.3 is 5.97 Å². The lowest BCUT2D eigenvalue weighted by molar-refractivity contribution is -0.139. The molecule has 0 aliphatic rings. The molecule has 16 heavy (non-hydrogen) atoms. The highest BCUT2D eigenvalue weighted by molar-refractivity contribution is 6.33. The molecular weight excluding hydrogens is 234 g/mol. The van der Waals surface area contributed by atoms with Gasteiger partial charge in [0.05, 0.1) is 12.1 Å². The summed E-state index contributed by atoms with van der Waals surface area (Å²) >= 11 is 5.81. The zero-order valence-corrected chi connectivity index (χ0v) is 9.74. The largest absolute Gasteiger partial charge is 0.468 e.